The average molecular weight is 378 g/mol. The van der Waals surface area contributed by atoms with Crippen molar-refractivity contribution in [3.8, 4) is 10.4 Å². The normalized spacial score (nSPS) is 24.9. The van der Waals surface area contributed by atoms with Crippen molar-refractivity contribution in [3.63, 3.8) is 0 Å². The Balaban J connectivity index is 1.36. The molecule has 1 atom stereocenters. The number of halogens is 1. The quantitative estimate of drug-likeness (QED) is 0.860. The van der Waals surface area contributed by atoms with Gasteiger partial charge in [-0.15, -0.1) is 11.3 Å². The summed E-state index contributed by atoms with van der Waals surface area (Å²) in [4.78, 5) is 19.8. The van der Waals surface area contributed by atoms with Crippen LogP contribution in [0.2, 0.25) is 5.02 Å². The van der Waals surface area contributed by atoms with Crippen LogP contribution >= 0.6 is 22.9 Å². The smallest absolute Gasteiger partial charge is 0.412 e. The van der Waals surface area contributed by atoms with E-state index in [1.54, 1.807) is 5.51 Å². The minimum atomic E-state index is -0.439. The number of ether oxygens (including phenoxy) is 1. The van der Waals surface area contributed by atoms with E-state index < -0.39 is 6.09 Å². The minimum Gasteiger partial charge on any atom is -0.449 e. The minimum absolute atomic E-state index is 0.439. The maximum atomic E-state index is 12.2. The lowest BCUT2D eigenvalue weighted by molar-refractivity contribution is 0.0151. The number of carbonyl (C=O) groups is 1. The van der Waals surface area contributed by atoms with Gasteiger partial charge in [0.05, 0.1) is 17.0 Å². The van der Waals surface area contributed by atoms with Gasteiger partial charge in [-0.1, -0.05) is 23.7 Å². The zero-order valence-electron chi connectivity index (χ0n) is 13.8. The number of nitrogens with zero attached hydrogens (tertiary/aromatic N) is 2. The molecule has 1 unspecified atom stereocenters. The zero-order valence-corrected chi connectivity index (χ0v) is 15.4. The van der Waals surface area contributed by atoms with Crippen LogP contribution in [0.25, 0.3) is 10.4 Å². The van der Waals surface area contributed by atoms with E-state index >= 15 is 0 Å². The van der Waals surface area contributed by atoms with E-state index in [1.165, 1.54) is 37.3 Å². The summed E-state index contributed by atoms with van der Waals surface area (Å²) < 4.78 is 5.48. The third kappa shape index (κ3) is 3.81. The number of benzene rings is 1. The molecule has 2 aromatic rings. The molecule has 5 nitrogen and oxygen atoms in total. The van der Waals surface area contributed by atoms with Gasteiger partial charge in [0.15, 0.2) is 5.82 Å². The summed E-state index contributed by atoms with van der Waals surface area (Å²) in [6.45, 7) is 3.90. The predicted octanol–water partition coefficient (Wildman–Crippen LogP) is 4.35. The van der Waals surface area contributed by atoms with Gasteiger partial charge in [-0.25, -0.2) is 9.78 Å². The standard InChI is InChI=1S/C18H20ClN3O2S/c19-15-3-1-2-13(8-15)16-17(20-11-25-16)21-18(23)24-10-14-9-22-6-4-12(14)5-7-22/h1-3,8,11-12,14H,4-7,9-10H2,(H,21,23). The summed E-state index contributed by atoms with van der Waals surface area (Å²) in [5.41, 5.74) is 2.64. The number of thiazole rings is 1. The molecule has 5 rings (SSSR count). The fourth-order valence-electron chi connectivity index (χ4n) is 3.76. The Morgan fingerprint density at radius 2 is 2.24 bits per heavy atom. The Morgan fingerprint density at radius 1 is 1.40 bits per heavy atom. The van der Waals surface area contributed by atoms with Gasteiger partial charge < -0.3 is 9.64 Å². The molecule has 1 aromatic heterocycles. The molecule has 2 bridgehead atoms. The molecule has 3 aliphatic heterocycles. The van der Waals surface area contributed by atoms with Crippen LogP contribution in [0.1, 0.15) is 12.8 Å². The maximum Gasteiger partial charge on any atom is 0.412 e. The molecule has 1 aromatic carbocycles. The third-order valence-electron chi connectivity index (χ3n) is 5.09. The molecule has 1 N–H and O–H groups in total. The molecule has 7 heteroatoms. The van der Waals surface area contributed by atoms with Crippen LogP contribution < -0.4 is 5.32 Å². The van der Waals surface area contributed by atoms with Crippen LogP contribution in [0.4, 0.5) is 10.6 Å². The van der Waals surface area contributed by atoms with Crippen molar-refractivity contribution in [1.82, 2.24) is 9.88 Å². The van der Waals surface area contributed by atoms with Crippen molar-refractivity contribution in [2.75, 3.05) is 31.6 Å². The number of carbonyl (C=O) groups excluding carboxylic acids is 1. The van der Waals surface area contributed by atoms with Gasteiger partial charge in [-0.2, -0.15) is 0 Å². The first-order valence-corrected chi connectivity index (χ1v) is 9.80. The molecule has 0 spiro atoms. The highest BCUT2D eigenvalue weighted by Crippen LogP contribution is 2.34. The first-order chi connectivity index (χ1) is 12.2. The Hall–Kier alpha value is -1.63. The molecule has 132 valence electrons. The molecule has 3 saturated heterocycles. The molecule has 25 heavy (non-hydrogen) atoms. The van der Waals surface area contributed by atoms with E-state index in [9.17, 15) is 4.79 Å². The van der Waals surface area contributed by atoms with Crippen molar-refractivity contribution in [1.29, 1.82) is 0 Å². The summed E-state index contributed by atoms with van der Waals surface area (Å²) in [5, 5.41) is 3.43. The van der Waals surface area contributed by atoms with E-state index in [1.807, 2.05) is 24.3 Å². The summed E-state index contributed by atoms with van der Waals surface area (Å²) in [7, 11) is 0. The Kier molecular flexibility index (Phi) is 4.92. The molecule has 0 saturated carbocycles. The number of amides is 1. The first-order valence-electron chi connectivity index (χ1n) is 8.54. The first kappa shape index (κ1) is 16.8. The van der Waals surface area contributed by atoms with Crippen molar-refractivity contribution in [2.45, 2.75) is 12.8 Å². The number of hydrogen-bond donors (Lipinski definition) is 1. The molecule has 3 fully saturated rings. The lowest BCUT2D eigenvalue weighted by Crippen LogP contribution is -2.49. The lowest BCUT2D eigenvalue weighted by Gasteiger charge is -2.44. The maximum absolute atomic E-state index is 12.2. The lowest BCUT2D eigenvalue weighted by atomic mass is 9.79. The molecular weight excluding hydrogens is 358 g/mol. The molecule has 4 heterocycles. The monoisotopic (exact) mass is 377 g/mol. The summed E-state index contributed by atoms with van der Waals surface area (Å²) in [5.74, 6) is 1.67. The van der Waals surface area contributed by atoms with Crippen molar-refractivity contribution < 1.29 is 9.53 Å². The number of rotatable bonds is 4. The van der Waals surface area contributed by atoms with Gasteiger partial charge in [-0.05, 0) is 49.5 Å². The Bertz CT molecular complexity index is 758. The number of anilines is 1. The van der Waals surface area contributed by atoms with Crippen LogP contribution in [0.15, 0.2) is 29.8 Å². The predicted molar refractivity (Wildman–Crippen MR) is 100 cm³/mol. The second-order valence-electron chi connectivity index (χ2n) is 6.66. The summed E-state index contributed by atoms with van der Waals surface area (Å²) in [6.07, 6.45) is 2.01. The van der Waals surface area contributed by atoms with Crippen molar-refractivity contribution in [3.05, 3.63) is 34.8 Å². The van der Waals surface area contributed by atoms with Gasteiger partial charge in [0, 0.05) is 17.5 Å². The number of nitrogens with one attached hydrogen (secondary N) is 1. The van der Waals surface area contributed by atoms with Crippen LogP contribution in [-0.2, 0) is 4.74 Å². The highest BCUT2D eigenvalue weighted by molar-refractivity contribution is 7.13. The zero-order chi connectivity index (χ0) is 17.2. The number of hydrogen-bond acceptors (Lipinski definition) is 5. The van der Waals surface area contributed by atoms with Crippen LogP contribution in [0.5, 0.6) is 0 Å². The largest absolute Gasteiger partial charge is 0.449 e. The van der Waals surface area contributed by atoms with Crippen molar-refractivity contribution in [2.24, 2.45) is 11.8 Å². The van der Waals surface area contributed by atoms with Crippen LogP contribution in [-0.4, -0.2) is 42.2 Å². The summed E-state index contributed by atoms with van der Waals surface area (Å²) in [6, 6.07) is 7.51. The molecular formula is C18H20ClN3O2S. The SMILES string of the molecule is O=C(Nc1ncsc1-c1cccc(Cl)c1)OCC1CN2CCC1CC2. The van der Waals surface area contributed by atoms with E-state index in [2.05, 4.69) is 15.2 Å². The van der Waals surface area contributed by atoms with E-state index in [0.717, 1.165) is 17.0 Å². The fraction of sp³-hybridized carbons (Fsp3) is 0.444. The third-order valence-corrected chi connectivity index (χ3v) is 6.21. The van der Waals surface area contributed by atoms with Crippen molar-refractivity contribution >= 4 is 34.8 Å². The number of fused-ring (bicyclic) bond motifs is 3. The van der Waals surface area contributed by atoms with Crippen LogP contribution in [0, 0.1) is 11.8 Å². The fourth-order valence-corrected chi connectivity index (χ4v) is 4.69. The van der Waals surface area contributed by atoms with Gasteiger partial charge >= 0.3 is 6.09 Å². The number of piperidine rings is 3. The van der Waals surface area contributed by atoms with Gasteiger partial charge in [0.2, 0.25) is 0 Å². The van der Waals surface area contributed by atoms with E-state index in [0.29, 0.717) is 29.3 Å². The summed E-state index contributed by atoms with van der Waals surface area (Å²) >= 11 is 7.52. The topological polar surface area (TPSA) is 54.5 Å². The molecule has 0 aliphatic carbocycles. The molecule has 0 radical (unpaired) electrons. The highest BCUT2D eigenvalue weighted by Gasteiger charge is 2.34. The van der Waals surface area contributed by atoms with Gasteiger partial charge in [0.1, 0.15) is 0 Å². The second-order valence-corrected chi connectivity index (χ2v) is 7.95. The molecule has 3 aliphatic rings. The number of aromatic nitrogens is 1. The van der Waals surface area contributed by atoms with Gasteiger partial charge in [-0.3, -0.25) is 5.32 Å². The van der Waals surface area contributed by atoms with E-state index in [4.69, 9.17) is 16.3 Å². The second kappa shape index (κ2) is 7.32. The Labute approximate surface area is 156 Å². The highest BCUT2D eigenvalue weighted by atomic mass is 35.5. The molecule has 1 amide bonds. The van der Waals surface area contributed by atoms with Crippen LogP contribution in [0.3, 0.4) is 0 Å². The Morgan fingerprint density at radius 3 is 2.96 bits per heavy atom. The van der Waals surface area contributed by atoms with Gasteiger partial charge in [0.25, 0.3) is 0 Å². The van der Waals surface area contributed by atoms with E-state index in [-0.39, 0.29) is 0 Å². The average Bonchev–Trinajstić information content (AvgIpc) is 3.09.